The molecule has 0 aliphatic rings. The number of nitrogens with zero attached hydrogens (tertiary/aromatic N) is 2. The number of aryl methyl sites for hydroxylation is 1. The normalized spacial score (nSPS) is 11.1. The standard InChI is InChI=1S/C13H16N2O2/c1-8(2)15-11-6-5-9(3)7-10(11)14-12(15)13(16)17-4/h5-8H,1-4H3. The number of rotatable bonds is 2. The Kier molecular flexibility index (Phi) is 2.88. The topological polar surface area (TPSA) is 44.1 Å². The number of methoxy groups -OCH3 is 1. The van der Waals surface area contributed by atoms with E-state index in [0.29, 0.717) is 5.82 Å². The van der Waals surface area contributed by atoms with Crippen LogP contribution in [0.1, 0.15) is 36.1 Å². The molecule has 0 aliphatic heterocycles. The fourth-order valence-electron chi connectivity index (χ4n) is 1.97. The van der Waals surface area contributed by atoms with Crippen LogP contribution >= 0.6 is 0 Å². The van der Waals surface area contributed by atoms with Crippen LogP contribution in [-0.4, -0.2) is 22.6 Å². The van der Waals surface area contributed by atoms with E-state index in [1.165, 1.54) is 7.11 Å². The Morgan fingerprint density at radius 2 is 2.12 bits per heavy atom. The maximum absolute atomic E-state index is 11.7. The molecule has 0 N–H and O–H groups in total. The number of hydrogen-bond acceptors (Lipinski definition) is 3. The van der Waals surface area contributed by atoms with Crippen molar-refractivity contribution in [2.45, 2.75) is 26.8 Å². The van der Waals surface area contributed by atoms with Crippen molar-refractivity contribution in [3.05, 3.63) is 29.6 Å². The lowest BCUT2D eigenvalue weighted by atomic mass is 10.2. The zero-order valence-corrected chi connectivity index (χ0v) is 10.5. The highest BCUT2D eigenvalue weighted by Crippen LogP contribution is 2.22. The number of ether oxygens (including phenoxy) is 1. The van der Waals surface area contributed by atoms with Gasteiger partial charge in [-0.15, -0.1) is 0 Å². The summed E-state index contributed by atoms with van der Waals surface area (Å²) in [5, 5.41) is 0. The Bertz CT molecular complexity index is 570. The van der Waals surface area contributed by atoms with E-state index in [1.54, 1.807) is 0 Å². The zero-order chi connectivity index (χ0) is 12.6. The fourth-order valence-corrected chi connectivity index (χ4v) is 1.97. The first kappa shape index (κ1) is 11.6. The van der Waals surface area contributed by atoms with E-state index in [1.807, 2.05) is 43.5 Å². The number of imidazole rings is 1. The van der Waals surface area contributed by atoms with Gasteiger partial charge in [0.25, 0.3) is 0 Å². The van der Waals surface area contributed by atoms with Crippen LogP contribution in [0.5, 0.6) is 0 Å². The van der Waals surface area contributed by atoms with Crippen molar-refractivity contribution in [2.24, 2.45) is 0 Å². The van der Waals surface area contributed by atoms with Gasteiger partial charge in [0.15, 0.2) is 0 Å². The number of hydrogen-bond donors (Lipinski definition) is 0. The molecule has 17 heavy (non-hydrogen) atoms. The Morgan fingerprint density at radius 1 is 1.41 bits per heavy atom. The van der Waals surface area contributed by atoms with Crippen molar-refractivity contribution in [3.8, 4) is 0 Å². The van der Waals surface area contributed by atoms with Crippen molar-refractivity contribution in [3.63, 3.8) is 0 Å². The minimum Gasteiger partial charge on any atom is -0.463 e. The predicted molar refractivity (Wildman–Crippen MR) is 66.2 cm³/mol. The van der Waals surface area contributed by atoms with Gasteiger partial charge in [0.2, 0.25) is 5.82 Å². The smallest absolute Gasteiger partial charge is 0.374 e. The molecule has 4 nitrogen and oxygen atoms in total. The largest absolute Gasteiger partial charge is 0.463 e. The number of esters is 1. The summed E-state index contributed by atoms with van der Waals surface area (Å²) in [7, 11) is 1.37. The molecule has 0 unspecified atom stereocenters. The van der Waals surface area contributed by atoms with Crippen molar-refractivity contribution in [1.29, 1.82) is 0 Å². The van der Waals surface area contributed by atoms with Crippen molar-refractivity contribution < 1.29 is 9.53 Å². The highest BCUT2D eigenvalue weighted by Gasteiger charge is 2.19. The Morgan fingerprint density at radius 3 is 2.71 bits per heavy atom. The summed E-state index contributed by atoms with van der Waals surface area (Å²) < 4.78 is 6.67. The van der Waals surface area contributed by atoms with Crippen LogP contribution < -0.4 is 0 Å². The molecule has 2 rings (SSSR count). The van der Waals surface area contributed by atoms with Crippen LogP contribution in [0.25, 0.3) is 11.0 Å². The molecule has 0 aliphatic carbocycles. The molecule has 0 saturated heterocycles. The second-order valence-corrected chi connectivity index (χ2v) is 4.38. The summed E-state index contributed by atoms with van der Waals surface area (Å²) in [5.41, 5.74) is 2.92. The first-order chi connectivity index (χ1) is 8.04. The van der Waals surface area contributed by atoms with Crippen molar-refractivity contribution in [1.82, 2.24) is 9.55 Å². The summed E-state index contributed by atoms with van der Waals surface area (Å²) >= 11 is 0. The summed E-state index contributed by atoms with van der Waals surface area (Å²) in [4.78, 5) is 16.0. The quantitative estimate of drug-likeness (QED) is 0.748. The first-order valence-corrected chi connectivity index (χ1v) is 5.61. The minimum absolute atomic E-state index is 0.164. The van der Waals surface area contributed by atoms with Gasteiger partial charge in [-0.25, -0.2) is 9.78 Å². The highest BCUT2D eigenvalue weighted by molar-refractivity contribution is 5.91. The second kappa shape index (κ2) is 4.20. The van der Waals surface area contributed by atoms with Crippen LogP contribution in [-0.2, 0) is 4.74 Å². The number of carbonyl (C=O) groups excluding carboxylic acids is 1. The third-order valence-electron chi connectivity index (χ3n) is 2.73. The Hall–Kier alpha value is -1.84. The van der Waals surface area contributed by atoms with Gasteiger partial charge in [0.1, 0.15) is 0 Å². The maximum atomic E-state index is 11.7. The molecule has 90 valence electrons. The SMILES string of the molecule is COC(=O)c1nc2cc(C)ccc2n1C(C)C. The van der Waals surface area contributed by atoms with Gasteiger partial charge in [-0.1, -0.05) is 6.07 Å². The van der Waals surface area contributed by atoms with Crippen LogP contribution in [0.15, 0.2) is 18.2 Å². The zero-order valence-electron chi connectivity index (χ0n) is 10.5. The van der Waals surface area contributed by atoms with Gasteiger partial charge >= 0.3 is 5.97 Å². The number of aromatic nitrogens is 2. The number of carbonyl (C=O) groups is 1. The van der Waals surface area contributed by atoms with E-state index in [2.05, 4.69) is 4.98 Å². The van der Waals surface area contributed by atoms with Crippen LogP contribution in [0.4, 0.5) is 0 Å². The maximum Gasteiger partial charge on any atom is 0.374 e. The molecule has 1 heterocycles. The lowest BCUT2D eigenvalue weighted by molar-refractivity contribution is 0.0580. The van der Waals surface area contributed by atoms with Gasteiger partial charge in [-0.2, -0.15) is 0 Å². The molecule has 0 fully saturated rings. The molecule has 0 atom stereocenters. The molecule has 2 aromatic rings. The molecular weight excluding hydrogens is 216 g/mol. The Labute approximate surface area is 100 Å². The lowest BCUT2D eigenvalue weighted by Gasteiger charge is -2.11. The number of benzene rings is 1. The van der Waals surface area contributed by atoms with E-state index < -0.39 is 5.97 Å². The summed E-state index contributed by atoms with van der Waals surface area (Å²) in [5.74, 6) is -0.0318. The van der Waals surface area contributed by atoms with Gasteiger partial charge in [0, 0.05) is 6.04 Å². The molecule has 1 aromatic heterocycles. The van der Waals surface area contributed by atoms with E-state index in [0.717, 1.165) is 16.6 Å². The highest BCUT2D eigenvalue weighted by atomic mass is 16.5. The molecule has 0 radical (unpaired) electrons. The van der Waals surface area contributed by atoms with Gasteiger partial charge in [0.05, 0.1) is 18.1 Å². The molecule has 0 amide bonds. The predicted octanol–water partition coefficient (Wildman–Crippen LogP) is 2.71. The van der Waals surface area contributed by atoms with Crippen LogP contribution in [0.3, 0.4) is 0 Å². The van der Waals surface area contributed by atoms with Crippen LogP contribution in [0, 0.1) is 6.92 Å². The molecule has 1 aromatic carbocycles. The monoisotopic (exact) mass is 232 g/mol. The lowest BCUT2D eigenvalue weighted by Crippen LogP contribution is -2.13. The molecule has 4 heteroatoms. The van der Waals surface area contributed by atoms with E-state index in [-0.39, 0.29) is 6.04 Å². The summed E-state index contributed by atoms with van der Waals surface area (Å²) in [6, 6.07) is 6.14. The fraction of sp³-hybridized carbons (Fsp3) is 0.385. The first-order valence-electron chi connectivity index (χ1n) is 5.61. The van der Waals surface area contributed by atoms with Gasteiger partial charge < -0.3 is 9.30 Å². The molecule has 0 saturated carbocycles. The minimum atomic E-state index is -0.396. The van der Waals surface area contributed by atoms with E-state index >= 15 is 0 Å². The number of fused-ring (bicyclic) bond motifs is 1. The molecular formula is C13H16N2O2. The summed E-state index contributed by atoms with van der Waals surface area (Å²) in [6.07, 6.45) is 0. The van der Waals surface area contributed by atoms with E-state index in [9.17, 15) is 4.79 Å². The van der Waals surface area contributed by atoms with Gasteiger partial charge in [-0.3, -0.25) is 0 Å². The molecule has 0 bridgehead atoms. The summed E-state index contributed by atoms with van der Waals surface area (Å²) in [6.45, 7) is 6.05. The third kappa shape index (κ3) is 1.90. The van der Waals surface area contributed by atoms with E-state index in [4.69, 9.17) is 4.74 Å². The Balaban J connectivity index is 2.74. The van der Waals surface area contributed by atoms with Crippen molar-refractivity contribution >= 4 is 17.0 Å². The average Bonchev–Trinajstić information content (AvgIpc) is 2.66. The van der Waals surface area contributed by atoms with Gasteiger partial charge in [-0.05, 0) is 38.5 Å². The van der Waals surface area contributed by atoms with Crippen LogP contribution in [0.2, 0.25) is 0 Å². The second-order valence-electron chi connectivity index (χ2n) is 4.38. The average molecular weight is 232 g/mol. The molecule has 0 spiro atoms. The third-order valence-corrected chi connectivity index (χ3v) is 2.73. The van der Waals surface area contributed by atoms with Crippen molar-refractivity contribution in [2.75, 3.05) is 7.11 Å².